The molecule has 1 amide bonds. The number of aromatic nitrogens is 2. The average Bonchev–Trinajstić information content (AvgIpc) is 2.43. The van der Waals surface area contributed by atoms with E-state index in [9.17, 15) is 9.59 Å². The SMILES string of the molecule is CC(=O)NCCc1ccc(-c2cc(=O)n(C)nc2Cl)cc1. The maximum atomic E-state index is 11.6. The number of nitrogens with zero attached hydrogens (tertiary/aromatic N) is 2. The van der Waals surface area contributed by atoms with Crippen LogP contribution in [-0.2, 0) is 18.3 Å². The zero-order valence-corrected chi connectivity index (χ0v) is 12.6. The van der Waals surface area contributed by atoms with Gasteiger partial charge in [-0.3, -0.25) is 9.59 Å². The van der Waals surface area contributed by atoms with Crippen LogP contribution in [0.4, 0.5) is 0 Å². The summed E-state index contributed by atoms with van der Waals surface area (Å²) in [4.78, 5) is 22.4. The number of carbonyl (C=O) groups is 1. The second-order valence-corrected chi connectivity index (χ2v) is 5.10. The minimum absolute atomic E-state index is 0.0374. The Morgan fingerprint density at radius 1 is 1.33 bits per heavy atom. The highest BCUT2D eigenvalue weighted by molar-refractivity contribution is 6.32. The smallest absolute Gasteiger partial charge is 0.267 e. The van der Waals surface area contributed by atoms with E-state index in [1.807, 2.05) is 24.3 Å². The first-order valence-electron chi connectivity index (χ1n) is 6.55. The molecule has 0 aliphatic heterocycles. The molecule has 0 bridgehead atoms. The first kappa shape index (κ1) is 15.3. The van der Waals surface area contributed by atoms with Gasteiger partial charge in [0, 0.05) is 32.1 Å². The van der Waals surface area contributed by atoms with E-state index in [0.717, 1.165) is 17.5 Å². The fourth-order valence-corrected chi connectivity index (χ4v) is 2.22. The number of halogens is 1. The van der Waals surface area contributed by atoms with Gasteiger partial charge < -0.3 is 5.32 Å². The molecule has 1 aromatic heterocycles. The van der Waals surface area contributed by atoms with Crippen LogP contribution in [-0.4, -0.2) is 22.2 Å². The Morgan fingerprint density at radius 3 is 2.62 bits per heavy atom. The van der Waals surface area contributed by atoms with E-state index in [-0.39, 0.29) is 11.5 Å². The summed E-state index contributed by atoms with van der Waals surface area (Å²) in [6.45, 7) is 2.09. The maximum Gasteiger partial charge on any atom is 0.267 e. The monoisotopic (exact) mass is 305 g/mol. The van der Waals surface area contributed by atoms with Gasteiger partial charge in [-0.2, -0.15) is 5.10 Å². The average molecular weight is 306 g/mol. The van der Waals surface area contributed by atoms with Gasteiger partial charge in [0.05, 0.1) is 0 Å². The number of rotatable bonds is 4. The lowest BCUT2D eigenvalue weighted by Gasteiger charge is -2.07. The van der Waals surface area contributed by atoms with E-state index in [1.165, 1.54) is 17.7 Å². The number of amides is 1. The third-order valence-corrected chi connectivity index (χ3v) is 3.38. The lowest BCUT2D eigenvalue weighted by atomic mass is 10.0. The Balaban J connectivity index is 2.17. The van der Waals surface area contributed by atoms with E-state index < -0.39 is 0 Å². The second-order valence-electron chi connectivity index (χ2n) is 4.74. The van der Waals surface area contributed by atoms with Crippen molar-refractivity contribution in [2.75, 3.05) is 6.54 Å². The molecule has 110 valence electrons. The van der Waals surface area contributed by atoms with E-state index in [4.69, 9.17) is 11.6 Å². The number of carbonyl (C=O) groups excluding carboxylic acids is 1. The Kier molecular flexibility index (Phi) is 4.75. The summed E-state index contributed by atoms with van der Waals surface area (Å²) in [5.41, 5.74) is 2.35. The lowest BCUT2D eigenvalue weighted by Crippen LogP contribution is -2.22. The molecule has 0 fully saturated rings. The minimum atomic E-state index is -0.205. The predicted octanol–water partition coefficient (Wildman–Crippen LogP) is 1.78. The topological polar surface area (TPSA) is 64.0 Å². The Labute approximate surface area is 127 Å². The number of hydrogen-bond acceptors (Lipinski definition) is 3. The summed E-state index contributed by atoms with van der Waals surface area (Å²) in [6, 6.07) is 9.16. The van der Waals surface area contributed by atoms with Crippen LogP contribution in [0, 0.1) is 0 Å². The molecule has 0 spiro atoms. The molecule has 6 heteroatoms. The van der Waals surface area contributed by atoms with Crippen LogP contribution in [0.15, 0.2) is 35.1 Å². The third kappa shape index (κ3) is 3.92. The second kappa shape index (κ2) is 6.54. The molecule has 0 aliphatic rings. The van der Waals surface area contributed by atoms with E-state index >= 15 is 0 Å². The molecule has 5 nitrogen and oxygen atoms in total. The molecule has 0 aliphatic carbocycles. The van der Waals surface area contributed by atoms with Gasteiger partial charge in [-0.15, -0.1) is 0 Å². The fraction of sp³-hybridized carbons (Fsp3) is 0.267. The standard InChI is InChI=1S/C15H16ClN3O2/c1-10(20)17-8-7-11-3-5-12(6-4-11)13-9-14(21)19(2)18-15(13)16/h3-6,9H,7-8H2,1-2H3,(H,17,20). The van der Waals surface area contributed by atoms with Crippen molar-refractivity contribution in [1.82, 2.24) is 15.1 Å². The summed E-state index contributed by atoms with van der Waals surface area (Å²) in [5.74, 6) is -0.0374. The van der Waals surface area contributed by atoms with Gasteiger partial charge in [-0.05, 0) is 17.5 Å². The molecule has 2 rings (SSSR count). The first-order chi connectivity index (χ1) is 9.97. The number of hydrogen-bond donors (Lipinski definition) is 1. The highest BCUT2D eigenvalue weighted by Gasteiger charge is 2.07. The third-order valence-electron chi connectivity index (χ3n) is 3.10. The first-order valence-corrected chi connectivity index (χ1v) is 6.93. The van der Waals surface area contributed by atoms with Crippen LogP contribution in [0.5, 0.6) is 0 Å². The van der Waals surface area contributed by atoms with E-state index in [0.29, 0.717) is 17.3 Å². The van der Waals surface area contributed by atoms with Crippen LogP contribution < -0.4 is 10.9 Å². The van der Waals surface area contributed by atoms with Gasteiger partial charge in [-0.25, -0.2) is 4.68 Å². The van der Waals surface area contributed by atoms with Gasteiger partial charge in [0.25, 0.3) is 5.56 Å². The molecule has 0 radical (unpaired) electrons. The minimum Gasteiger partial charge on any atom is -0.356 e. The quantitative estimate of drug-likeness (QED) is 0.936. The molecule has 0 atom stereocenters. The normalized spacial score (nSPS) is 10.4. The maximum absolute atomic E-state index is 11.6. The Hall–Kier alpha value is -2.14. The van der Waals surface area contributed by atoms with E-state index in [2.05, 4.69) is 10.4 Å². The van der Waals surface area contributed by atoms with Crippen molar-refractivity contribution in [2.24, 2.45) is 7.05 Å². The van der Waals surface area contributed by atoms with Crippen LogP contribution in [0.25, 0.3) is 11.1 Å². The van der Waals surface area contributed by atoms with Crippen LogP contribution in [0.2, 0.25) is 5.15 Å². The molecule has 1 N–H and O–H groups in total. The van der Waals surface area contributed by atoms with E-state index in [1.54, 1.807) is 7.05 Å². The van der Waals surface area contributed by atoms with Gasteiger partial charge >= 0.3 is 0 Å². The summed E-state index contributed by atoms with van der Waals surface area (Å²) in [6.07, 6.45) is 0.752. The molecule has 1 aromatic carbocycles. The highest BCUT2D eigenvalue weighted by Crippen LogP contribution is 2.24. The molecule has 21 heavy (non-hydrogen) atoms. The van der Waals surface area contributed by atoms with Crippen molar-refractivity contribution in [3.8, 4) is 11.1 Å². The Morgan fingerprint density at radius 2 is 2.00 bits per heavy atom. The van der Waals surface area contributed by atoms with Crippen molar-refractivity contribution in [3.63, 3.8) is 0 Å². The fourth-order valence-electron chi connectivity index (χ4n) is 1.95. The molecular weight excluding hydrogens is 290 g/mol. The van der Waals surface area contributed by atoms with Crippen LogP contribution in [0.3, 0.4) is 0 Å². The van der Waals surface area contributed by atoms with Gasteiger partial charge in [0.15, 0.2) is 5.15 Å². The molecule has 0 saturated heterocycles. The van der Waals surface area contributed by atoms with Crippen molar-refractivity contribution < 1.29 is 4.79 Å². The lowest BCUT2D eigenvalue weighted by molar-refractivity contribution is -0.118. The molecular formula is C15H16ClN3O2. The van der Waals surface area contributed by atoms with Crippen LogP contribution >= 0.6 is 11.6 Å². The van der Waals surface area contributed by atoms with Gasteiger partial charge in [0.1, 0.15) is 0 Å². The predicted molar refractivity (Wildman–Crippen MR) is 82.3 cm³/mol. The largest absolute Gasteiger partial charge is 0.356 e. The van der Waals surface area contributed by atoms with Gasteiger partial charge in [0.2, 0.25) is 5.91 Å². The van der Waals surface area contributed by atoms with Gasteiger partial charge in [-0.1, -0.05) is 35.9 Å². The number of aryl methyl sites for hydroxylation is 1. The summed E-state index contributed by atoms with van der Waals surface area (Å²) >= 11 is 6.08. The summed E-state index contributed by atoms with van der Waals surface area (Å²) in [7, 11) is 1.56. The summed E-state index contributed by atoms with van der Waals surface area (Å²) in [5, 5.41) is 7.01. The highest BCUT2D eigenvalue weighted by atomic mass is 35.5. The van der Waals surface area contributed by atoms with Crippen LogP contribution in [0.1, 0.15) is 12.5 Å². The number of nitrogens with one attached hydrogen (secondary N) is 1. The van der Waals surface area contributed by atoms with Crippen molar-refractivity contribution in [1.29, 1.82) is 0 Å². The zero-order chi connectivity index (χ0) is 15.4. The molecule has 1 heterocycles. The zero-order valence-electron chi connectivity index (χ0n) is 11.9. The molecule has 0 saturated carbocycles. The van der Waals surface area contributed by atoms with Crippen molar-refractivity contribution in [3.05, 3.63) is 51.4 Å². The summed E-state index contributed by atoms with van der Waals surface area (Å²) < 4.78 is 1.20. The Bertz CT molecular complexity index is 708. The molecule has 2 aromatic rings. The van der Waals surface area contributed by atoms with Crippen molar-refractivity contribution in [2.45, 2.75) is 13.3 Å². The molecule has 0 unspecified atom stereocenters. The van der Waals surface area contributed by atoms with Crippen molar-refractivity contribution >= 4 is 17.5 Å². The number of benzene rings is 1.